The van der Waals surface area contributed by atoms with Crippen LogP contribution >= 0.6 is 0 Å². The highest BCUT2D eigenvalue weighted by Gasteiger charge is 2.17. The number of carbonyl (C=O) groups excluding carboxylic acids is 1. The van der Waals surface area contributed by atoms with Gasteiger partial charge in [0, 0.05) is 6.42 Å². The number of nitrogens with one attached hydrogen (secondary N) is 1. The number of unbranched alkanes of at least 4 members (excludes halogenated alkanes) is 14. The van der Waals surface area contributed by atoms with E-state index in [0.717, 1.165) is 44.9 Å². The number of aliphatic hydroxyl groups is 2. The Kier molecular flexibility index (Phi) is 28.6. The molecule has 0 heterocycles. The van der Waals surface area contributed by atoms with E-state index in [1.807, 2.05) is 6.08 Å². The van der Waals surface area contributed by atoms with Crippen molar-refractivity contribution in [2.75, 3.05) is 6.61 Å². The van der Waals surface area contributed by atoms with Gasteiger partial charge in [0.2, 0.25) is 5.91 Å². The molecular formula is C34H61NO3. The number of amides is 1. The van der Waals surface area contributed by atoms with Gasteiger partial charge in [-0.25, -0.2) is 0 Å². The molecule has 0 aliphatic carbocycles. The van der Waals surface area contributed by atoms with E-state index in [1.54, 1.807) is 6.08 Å². The van der Waals surface area contributed by atoms with Crippen LogP contribution in [-0.4, -0.2) is 34.9 Å². The molecule has 1 amide bonds. The van der Waals surface area contributed by atoms with Gasteiger partial charge in [-0.1, -0.05) is 127 Å². The predicted molar refractivity (Wildman–Crippen MR) is 165 cm³/mol. The molecule has 220 valence electrons. The second-order valence-electron chi connectivity index (χ2n) is 10.5. The van der Waals surface area contributed by atoms with Crippen LogP contribution in [0.25, 0.3) is 0 Å². The summed E-state index contributed by atoms with van der Waals surface area (Å²) in [5.41, 5.74) is 0. The first kappa shape index (κ1) is 36.4. The normalized spacial score (nSPS) is 13.9. The second-order valence-corrected chi connectivity index (χ2v) is 10.5. The van der Waals surface area contributed by atoms with E-state index in [9.17, 15) is 15.0 Å². The molecule has 0 bridgehead atoms. The van der Waals surface area contributed by atoms with Crippen molar-refractivity contribution in [1.29, 1.82) is 0 Å². The van der Waals surface area contributed by atoms with Crippen molar-refractivity contribution in [3.63, 3.8) is 0 Å². The average Bonchev–Trinajstić information content (AvgIpc) is 2.92. The lowest BCUT2D eigenvalue weighted by Gasteiger charge is -2.19. The quantitative estimate of drug-likeness (QED) is 0.0732. The number of rotatable bonds is 27. The number of carbonyl (C=O) groups is 1. The Bertz CT molecular complexity index is 623. The van der Waals surface area contributed by atoms with Crippen molar-refractivity contribution in [1.82, 2.24) is 5.32 Å². The Morgan fingerprint density at radius 2 is 1.13 bits per heavy atom. The molecular weight excluding hydrogens is 470 g/mol. The van der Waals surface area contributed by atoms with E-state index in [4.69, 9.17) is 0 Å². The third-order valence-electron chi connectivity index (χ3n) is 6.78. The Labute approximate surface area is 235 Å². The minimum Gasteiger partial charge on any atom is -0.394 e. The zero-order chi connectivity index (χ0) is 27.9. The molecule has 0 rings (SSSR count). The van der Waals surface area contributed by atoms with Crippen LogP contribution in [0.15, 0.2) is 48.6 Å². The Hall–Kier alpha value is -1.65. The van der Waals surface area contributed by atoms with E-state index < -0.39 is 12.1 Å². The molecule has 2 atom stereocenters. The van der Waals surface area contributed by atoms with Gasteiger partial charge in [-0.15, -0.1) is 0 Å². The highest BCUT2D eigenvalue weighted by atomic mass is 16.3. The van der Waals surface area contributed by atoms with Gasteiger partial charge < -0.3 is 15.5 Å². The lowest BCUT2D eigenvalue weighted by atomic mass is 10.1. The van der Waals surface area contributed by atoms with Gasteiger partial charge in [0.1, 0.15) is 0 Å². The predicted octanol–water partition coefficient (Wildman–Crippen LogP) is 8.89. The number of hydrogen-bond donors (Lipinski definition) is 3. The second kappa shape index (κ2) is 29.9. The van der Waals surface area contributed by atoms with Crippen LogP contribution < -0.4 is 5.32 Å². The summed E-state index contributed by atoms with van der Waals surface area (Å²) >= 11 is 0. The zero-order valence-electron chi connectivity index (χ0n) is 24.9. The molecule has 0 radical (unpaired) electrons. The Balaban J connectivity index is 3.68. The van der Waals surface area contributed by atoms with Crippen LogP contribution in [-0.2, 0) is 4.79 Å². The fraction of sp³-hybridized carbons (Fsp3) is 0.735. The number of hydrogen-bond acceptors (Lipinski definition) is 3. The van der Waals surface area contributed by atoms with Crippen LogP contribution in [0, 0.1) is 0 Å². The van der Waals surface area contributed by atoms with Crippen LogP contribution in [0.1, 0.15) is 142 Å². The van der Waals surface area contributed by atoms with Gasteiger partial charge in [-0.05, 0) is 57.8 Å². The molecule has 0 aliphatic rings. The topological polar surface area (TPSA) is 69.6 Å². The Morgan fingerprint density at radius 3 is 1.76 bits per heavy atom. The Morgan fingerprint density at radius 1 is 0.632 bits per heavy atom. The monoisotopic (exact) mass is 531 g/mol. The zero-order valence-corrected chi connectivity index (χ0v) is 24.9. The van der Waals surface area contributed by atoms with Crippen molar-refractivity contribution in [2.45, 2.75) is 154 Å². The van der Waals surface area contributed by atoms with Crippen molar-refractivity contribution in [3.8, 4) is 0 Å². The largest absolute Gasteiger partial charge is 0.394 e. The molecule has 0 saturated carbocycles. The summed E-state index contributed by atoms with van der Waals surface area (Å²) in [6.07, 6.45) is 39.0. The lowest BCUT2D eigenvalue weighted by Crippen LogP contribution is -2.45. The summed E-state index contributed by atoms with van der Waals surface area (Å²) in [4.78, 5) is 12.2. The molecule has 0 fully saturated rings. The van der Waals surface area contributed by atoms with Crippen LogP contribution in [0.4, 0.5) is 0 Å². The van der Waals surface area contributed by atoms with Gasteiger partial charge in [-0.3, -0.25) is 4.79 Å². The van der Waals surface area contributed by atoms with Gasteiger partial charge in [0.15, 0.2) is 0 Å². The van der Waals surface area contributed by atoms with E-state index >= 15 is 0 Å². The molecule has 0 saturated heterocycles. The molecule has 0 spiro atoms. The number of aliphatic hydroxyl groups excluding tert-OH is 2. The molecule has 0 aliphatic heterocycles. The molecule has 38 heavy (non-hydrogen) atoms. The van der Waals surface area contributed by atoms with Crippen LogP contribution in [0.5, 0.6) is 0 Å². The van der Waals surface area contributed by atoms with Crippen LogP contribution in [0.3, 0.4) is 0 Å². The first-order valence-electron chi connectivity index (χ1n) is 15.9. The molecule has 4 heteroatoms. The molecule has 0 aromatic carbocycles. The first-order chi connectivity index (χ1) is 18.7. The summed E-state index contributed by atoms with van der Waals surface area (Å²) in [5, 5.41) is 22.6. The summed E-state index contributed by atoms with van der Waals surface area (Å²) < 4.78 is 0. The summed E-state index contributed by atoms with van der Waals surface area (Å²) in [7, 11) is 0. The van der Waals surface area contributed by atoms with Crippen molar-refractivity contribution >= 4 is 5.91 Å². The van der Waals surface area contributed by atoms with Gasteiger partial charge in [0.05, 0.1) is 18.8 Å². The average molecular weight is 532 g/mol. The molecule has 4 nitrogen and oxygen atoms in total. The fourth-order valence-corrected chi connectivity index (χ4v) is 4.27. The summed E-state index contributed by atoms with van der Waals surface area (Å²) in [6.45, 7) is 4.18. The molecule has 0 aromatic rings. The minimum absolute atomic E-state index is 0.0894. The van der Waals surface area contributed by atoms with E-state index in [1.165, 1.54) is 77.0 Å². The standard InChI is InChI=1S/C34H61NO3/c1-3-5-7-9-11-13-14-15-16-17-18-19-20-21-22-24-26-28-30-34(38)35-32(31-36)33(37)29-27-25-23-12-10-8-6-4-2/h10,12-14,16-17,27,29,32-33,36-37H,3-9,11,15,18-26,28,30-31H2,1-2H3,(H,35,38)/b12-10+,14-13-,17-16-,29-27+. The summed E-state index contributed by atoms with van der Waals surface area (Å²) in [5.74, 6) is -0.0894. The first-order valence-corrected chi connectivity index (χ1v) is 15.9. The highest BCUT2D eigenvalue weighted by molar-refractivity contribution is 5.76. The maximum absolute atomic E-state index is 12.2. The summed E-state index contributed by atoms with van der Waals surface area (Å²) in [6, 6.07) is -0.639. The maximum atomic E-state index is 12.2. The van der Waals surface area contributed by atoms with E-state index in [-0.39, 0.29) is 12.5 Å². The van der Waals surface area contributed by atoms with Gasteiger partial charge in [0.25, 0.3) is 0 Å². The van der Waals surface area contributed by atoms with E-state index in [2.05, 4.69) is 55.6 Å². The maximum Gasteiger partial charge on any atom is 0.220 e. The lowest BCUT2D eigenvalue weighted by molar-refractivity contribution is -0.123. The third-order valence-corrected chi connectivity index (χ3v) is 6.78. The van der Waals surface area contributed by atoms with Crippen LogP contribution in [0.2, 0.25) is 0 Å². The SMILES string of the molecule is CCCC/C=C/CC/C=C/C(O)C(CO)NC(=O)CCCCCCCCC/C=C\C/C=C\CCCCCC. The highest BCUT2D eigenvalue weighted by Crippen LogP contribution is 2.11. The fourth-order valence-electron chi connectivity index (χ4n) is 4.27. The minimum atomic E-state index is -0.861. The number of allylic oxidation sites excluding steroid dienone is 7. The van der Waals surface area contributed by atoms with E-state index in [0.29, 0.717) is 6.42 Å². The van der Waals surface area contributed by atoms with Crippen molar-refractivity contribution in [2.24, 2.45) is 0 Å². The van der Waals surface area contributed by atoms with Crippen molar-refractivity contribution < 1.29 is 15.0 Å². The molecule has 2 unspecified atom stereocenters. The smallest absolute Gasteiger partial charge is 0.220 e. The van der Waals surface area contributed by atoms with Gasteiger partial charge in [-0.2, -0.15) is 0 Å². The molecule has 0 aromatic heterocycles. The third kappa shape index (κ3) is 26.0. The van der Waals surface area contributed by atoms with Crippen molar-refractivity contribution in [3.05, 3.63) is 48.6 Å². The van der Waals surface area contributed by atoms with Gasteiger partial charge >= 0.3 is 0 Å². The molecule has 3 N–H and O–H groups in total.